The summed E-state index contributed by atoms with van der Waals surface area (Å²) >= 11 is 0. The fourth-order valence-electron chi connectivity index (χ4n) is 2.21. The summed E-state index contributed by atoms with van der Waals surface area (Å²) in [6.07, 6.45) is 0.638. The minimum atomic E-state index is -1.02. The standard InChI is InChI=1S/C14H20FN/c1-11(2)12-4-6-13(7-5-12)16-9-8-14(3,15)10-16/h4-7,11H,8-10H2,1-3H3. The molecular weight excluding hydrogens is 201 g/mol. The van der Waals surface area contributed by atoms with Crippen LogP contribution in [0.3, 0.4) is 0 Å². The first-order valence-corrected chi connectivity index (χ1v) is 6.02. The molecule has 16 heavy (non-hydrogen) atoms. The molecule has 0 N–H and O–H groups in total. The highest BCUT2D eigenvalue weighted by molar-refractivity contribution is 5.49. The fraction of sp³-hybridized carbons (Fsp3) is 0.571. The van der Waals surface area contributed by atoms with Crippen molar-refractivity contribution in [2.24, 2.45) is 0 Å². The molecule has 0 radical (unpaired) electrons. The molecule has 0 saturated carbocycles. The Balaban J connectivity index is 2.11. The van der Waals surface area contributed by atoms with Gasteiger partial charge in [0.05, 0.1) is 6.54 Å². The maximum atomic E-state index is 13.7. The van der Waals surface area contributed by atoms with E-state index in [0.717, 1.165) is 12.2 Å². The molecule has 0 amide bonds. The van der Waals surface area contributed by atoms with Crippen LogP contribution in [0.15, 0.2) is 24.3 Å². The van der Waals surface area contributed by atoms with Gasteiger partial charge in [0.25, 0.3) is 0 Å². The van der Waals surface area contributed by atoms with Gasteiger partial charge in [0.2, 0.25) is 0 Å². The monoisotopic (exact) mass is 221 g/mol. The summed E-state index contributed by atoms with van der Waals surface area (Å²) < 4.78 is 13.7. The fourth-order valence-corrected chi connectivity index (χ4v) is 2.21. The first-order valence-electron chi connectivity index (χ1n) is 6.02. The van der Waals surface area contributed by atoms with Gasteiger partial charge in [-0.15, -0.1) is 0 Å². The lowest BCUT2D eigenvalue weighted by atomic mass is 10.0. The third-order valence-corrected chi connectivity index (χ3v) is 3.35. The number of alkyl halides is 1. The molecule has 2 heteroatoms. The maximum absolute atomic E-state index is 13.7. The van der Waals surface area contributed by atoms with E-state index in [-0.39, 0.29) is 0 Å². The van der Waals surface area contributed by atoms with Crippen LogP contribution in [0.25, 0.3) is 0 Å². The Bertz CT molecular complexity index is 354. The minimum absolute atomic E-state index is 0.522. The molecule has 1 aliphatic rings. The minimum Gasteiger partial charge on any atom is -0.368 e. The van der Waals surface area contributed by atoms with Crippen LogP contribution in [-0.4, -0.2) is 18.8 Å². The molecule has 0 aromatic heterocycles. The summed E-state index contributed by atoms with van der Waals surface area (Å²) in [5.41, 5.74) is 1.47. The van der Waals surface area contributed by atoms with E-state index in [9.17, 15) is 4.39 Å². The summed E-state index contributed by atoms with van der Waals surface area (Å²) in [7, 11) is 0. The third-order valence-electron chi connectivity index (χ3n) is 3.35. The van der Waals surface area contributed by atoms with Gasteiger partial charge in [-0.1, -0.05) is 26.0 Å². The van der Waals surface area contributed by atoms with Crippen LogP contribution in [0.4, 0.5) is 10.1 Å². The predicted molar refractivity (Wildman–Crippen MR) is 66.9 cm³/mol. The van der Waals surface area contributed by atoms with Crippen LogP contribution in [0, 0.1) is 0 Å². The number of hydrogen-bond acceptors (Lipinski definition) is 1. The van der Waals surface area contributed by atoms with Crippen molar-refractivity contribution in [3.05, 3.63) is 29.8 Å². The molecule has 1 atom stereocenters. The van der Waals surface area contributed by atoms with Crippen molar-refractivity contribution in [3.63, 3.8) is 0 Å². The zero-order valence-electron chi connectivity index (χ0n) is 10.3. The van der Waals surface area contributed by atoms with Gasteiger partial charge >= 0.3 is 0 Å². The van der Waals surface area contributed by atoms with Gasteiger partial charge < -0.3 is 4.90 Å². The largest absolute Gasteiger partial charge is 0.368 e. The first-order chi connectivity index (χ1) is 7.48. The van der Waals surface area contributed by atoms with E-state index in [2.05, 4.69) is 43.0 Å². The van der Waals surface area contributed by atoms with Crippen LogP contribution in [0.2, 0.25) is 0 Å². The van der Waals surface area contributed by atoms with Crippen molar-refractivity contribution < 1.29 is 4.39 Å². The van der Waals surface area contributed by atoms with Gasteiger partial charge in [-0.2, -0.15) is 0 Å². The van der Waals surface area contributed by atoms with Crippen LogP contribution in [0.5, 0.6) is 0 Å². The predicted octanol–water partition coefficient (Wildman–Crippen LogP) is 3.75. The average molecular weight is 221 g/mol. The van der Waals surface area contributed by atoms with Crippen molar-refractivity contribution >= 4 is 5.69 Å². The third kappa shape index (κ3) is 2.37. The second-order valence-electron chi connectivity index (χ2n) is 5.33. The Morgan fingerprint density at radius 3 is 2.31 bits per heavy atom. The van der Waals surface area contributed by atoms with E-state index >= 15 is 0 Å². The second kappa shape index (κ2) is 4.08. The van der Waals surface area contributed by atoms with Gasteiger partial charge in [0.15, 0.2) is 0 Å². The topological polar surface area (TPSA) is 3.24 Å². The van der Waals surface area contributed by atoms with E-state index < -0.39 is 5.67 Å². The highest BCUT2D eigenvalue weighted by atomic mass is 19.1. The van der Waals surface area contributed by atoms with Gasteiger partial charge in [-0.05, 0) is 30.5 Å². The molecule has 1 aromatic rings. The van der Waals surface area contributed by atoms with Crippen molar-refractivity contribution in [1.82, 2.24) is 0 Å². The molecule has 1 saturated heterocycles. The molecule has 0 bridgehead atoms. The van der Waals surface area contributed by atoms with E-state index in [4.69, 9.17) is 0 Å². The number of benzene rings is 1. The SMILES string of the molecule is CC(C)c1ccc(N2CCC(C)(F)C2)cc1. The number of nitrogens with zero attached hydrogens (tertiary/aromatic N) is 1. The number of anilines is 1. The van der Waals surface area contributed by atoms with Crippen LogP contribution in [-0.2, 0) is 0 Å². The lowest BCUT2D eigenvalue weighted by Crippen LogP contribution is -2.25. The Labute approximate surface area is 97.3 Å². The second-order valence-corrected chi connectivity index (χ2v) is 5.33. The van der Waals surface area contributed by atoms with E-state index in [1.807, 2.05) is 0 Å². The molecule has 1 heterocycles. The van der Waals surface area contributed by atoms with Crippen molar-refractivity contribution in [2.45, 2.75) is 38.8 Å². The van der Waals surface area contributed by atoms with Gasteiger partial charge in [0, 0.05) is 18.7 Å². The summed E-state index contributed by atoms with van der Waals surface area (Å²) in [6.45, 7) is 7.41. The quantitative estimate of drug-likeness (QED) is 0.735. The Kier molecular flexibility index (Phi) is 2.92. The molecule has 2 rings (SSSR count). The maximum Gasteiger partial charge on any atom is 0.127 e. The van der Waals surface area contributed by atoms with Gasteiger partial charge in [0.1, 0.15) is 5.67 Å². The van der Waals surface area contributed by atoms with Gasteiger partial charge in [-0.25, -0.2) is 4.39 Å². The first kappa shape index (κ1) is 11.4. The molecule has 1 unspecified atom stereocenters. The zero-order valence-corrected chi connectivity index (χ0v) is 10.3. The average Bonchev–Trinajstić information content (AvgIpc) is 2.59. The van der Waals surface area contributed by atoms with Crippen molar-refractivity contribution in [2.75, 3.05) is 18.0 Å². The Morgan fingerprint density at radius 2 is 1.88 bits per heavy atom. The van der Waals surface area contributed by atoms with E-state index in [1.165, 1.54) is 5.56 Å². The molecule has 1 aliphatic heterocycles. The summed E-state index contributed by atoms with van der Waals surface area (Å²) in [5, 5.41) is 0. The molecule has 1 fully saturated rings. The number of hydrogen-bond donors (Lipinski definition) is 0. The van der Waals surface area contributed by atoms with Gasteiger partial charge in [-0.3, -0.25) is 0 Å². The molecule has 1 aromatic carbocycles. The molecular formula is C14H20FN. The lowest BCUT2D eigenvalue weighted by molar-refractivity contribution is 0.221. The number of halogens is 1. The Morgan fingerprint density at radius 1 is 1.25 bits per heavy atom. The normalized spacial score (nSPS) is 25.4. The van der Waals surface area contributed by atoms with Crippen molar-refractivity contribution in [1.29, 1.82) is 0 Å². The highest BCUT2D eigenvalue weighted by Gasteiger charge is 2.33. The summed E-state index contributed by atoms with van der Waals surface area (Å²) in [5.74, 6) is 0.555. The van der Waals surface area contributed by atoms with E-state index in [1.54, 1.807) is 6.92 Å². The molecule has 88 valence electrons. The lowest BCUT2D eigenvalue weighted by Gasteiger charge is -2.20. The van der Waals surface area contributed by atoms with Crippen LogP contribution >= 0.6 is 0 Å². The molecule has 0 aliphatic carbocycles. The summed E-state index contributed by atoms with van der Waals surface area (Å²) in [4.78, 5) is 2.13. The van der Waals surface area contributed by atoms with E-state index in [0.29, 0.717) is 18.9 Å². The smallest absolute Gasteiger partial charge is 0.127 e. The van der Waals surface area contributed by atoms with Crippen LogP contribution < -0.4 is 4.90 Å². The zero-order chi connectivity index (χ0) is 11.8. The molecule has 1 nitrogen and oxygen atoms in total. The Hall–Kier alpha value is -1.05. The number of rotatable bonds is 2. The molecule has 0 spiro atoms. The highest BCUT2D eigenvalue weighted by Crippen LogP contribution is 2.29. The van der Waals surface area contributed by atoms with Crippen LogP contribution in [0.1, 0.15) is 38.7 Å². The van der Waals surface area contributed by atoms with Crippen molar-refractivity contribution in [3.8, 4) is 0 Å². The summed E-state index contributed by atoms with van der Waals surface area (Å²) in [6, 6.07) is 8.51.